The lowest BCUT2D eigenvalue weighted by atomic mass is 10.2. The molecule has 21 heavy (non-hydrogen) atoms. The van der Waals surface area contributed by atoms with E-state index >= 15 is 0 Å². The molecule has 0 radical (unpaired) electrons. The molecule has 0 amide bonds. The SMILES string of the molecule is O=C(O)c1ccc(OCCCCOc2ccccc2)cc1. The molecule has 4 heteroatoms. The smallest absolute Gasteiger partial charge is 0.335 e. The minimum Gasteiger partial charge on any atom is -0.494 e. The van der Waals surface area contributed by atoms with Gasteiger partial charge in [0.25, 0.3) is 0 Å². The van der Waals surface area contributed by atoms with Crippen molar-refractivity contribution in [1.29, 1.82) is 0 Å². The summed E-state index contributed by atoms with van der Waals surface area (Å²) in [4.78, 5) is 10.7. The van der Waals surface area contributed by atoms with Crippen molar-refractivity contribution in [2.45, 2.75) is 12.8 Å². The van der Waals surface area contributed by atoms with Crippen molar-refractivity contribution in [1.82, 2.24) is 0 Å². The van der Waals surface area contributed by atoms with Gasteiger partial charge in [-0.15, -0.1) is 0 Å². The number of ether oxygens (including phenoxy) is 2. The molecule has 2 aromatic rings. The third-order valence-electron chi connectivity index (χ3n) is 2.92. The van der Waals surface area contributed by atoms with Crippen LogP contribution in [0.25, 0.3) is 0 Å². The highest BCUT2D eigenvalue weighted by molar-refractivity contribution is 5.87. The third kappa shape index (κ3) is 5.18. The molecule has 0 spiro atoms. The highest BCUT2D eigenvalue weighted by Crippen LogP contribution is 2.13. The average molecular weight is 286 g/mol. The Balaban J connectivity index is 1.60. The van der Waals surface area contributed by atoms with Gasteiger partial charge in [-0.3, -0.25) is 0 Å². The molecule has 0 fully saturated rings. The quantitative estimate of drug-likeness (QED) is 0.753. The van der Waals surface area contributed by atoms with Gasteiger partial charge in [0.2, 0.25) is 0 Å². The lowest BCUT2D eigenvalue weighted by Crippen LogP contribution is -2.03. The number of benzene rings is 2. The van der Waals surface area contributed by atoms with Crippen LogP contribution < -0.4 is 9.47 Å². The molecule has 0 unspecified atom stereocenters. The number of hydrogen-bond acceptors (Lipinski definition) is 3. The van der Waals surface area contributed by atoms with Crippen LogP contribution in [0.4, 0.5) is 0 Å². The molecule has 2 aromatic carbocycles. The summed E-state index contributed by atoms with van der Waals surface area (Å²) >= 11 is 0. The molecule has 2 rings (SSSR count). The highest BCUT2D eigenvalue weighted by Gasteiger charge is 2.01. The fraction of sp³-hybridized carbons (Fsp3) is 0.235. The van der Waals surface area contributed by atoms with E-state index in [9.17, 15) is 4.79 Å². The van der Waals surface area contributed by atoms with E-state index in [2.05, 4.69) is 0 Å². The zero-order chi connectivity index (χ0) is 14.9. The second-order valence-electron chi connectivity index (χ2n) is 4.55. The summed E-state index contributed by atoms with van der Waals surface area (Å²) in [7, 11) is 0. The van der Waals surface area contributed by atoms with Crippen LogP contribution >= 0.6 is 0 Å². The molecule has 110 valence electrons. The Kier molecular flexibility index (Phi) is 5.64. The molecular weight excluding hydrogens is 268 g/mol. The van der Waals surface area contributed by atoms with Crippen LogP contribution in [0.15, 0.2) is 54.6 Å². The molecule has 0 aliphatic rings. The van der Waals surface area contributed by atoms with Crippen molar-refractivity contribution in [3.05, 3.63) is 60.2 Å². The second kappa shape index (κ2) is 7.94. The van der Waals surface area contributed by atoms with E-state index in [0.717, 1.165) is 18.6 Å². The van der Waals surface area contributed by atoms with Gasteiger partial charge in [-0.1, -0.05) is 18.2 Å². The maximum Gasteiger partial charge on any atom is 0.335 e. The van der Waals surface area contributed by atoms with Gasteiger partial charge in [-0.25, -0.2) is 4.79 Å². The molecule has 0 saturated carbocycles. The standard InChI is InChI=1S/C17H18O4/c18-17(19)14-8-10-16(11-9-14)21-13-5-4-12-20-15-6-2-1-3-7-15/h1-3,6-11H,4-5,12-13H2,(H,18,19). The molecule has 0 aromatic heterocycles. The van der Waals surface area contributed by atoms with Crippen molar-refractivity contribution in [3.63, 3.8) is 0 Å². The predicted octanol–water partition coefficient (Wildman–Crippen LogP) is 3.62. The highest BCUT2D eigenvalue weighted by atomic mass is 16.5. The molecular formula is C17H18O4. The van der Waals surface area contributed by atoms with Crippen LogP contribution in [-0.4, -0.2) is 24.3 Å². The van der Waals surface area contributed by atoms with E-state index in [1.165, 1.54) is 12.1 Å². The fourth-order valence-electron chi connectivity index (χ4n) is 1.79. The molecule has 0 heterocycles. The second-order valence-corrected chi connectivity index (χ2v) is 4.55. The van der Waals surface area contributed by atoms with E-state index in [-0.39, 0.29) is 5.56 Å². The largest absolute Gasteiger partial charge is 0.494 e. The van der Waals surface area contributed by atoms with E-state index < -0.39 is 5.97 Å². The van der Waals surface area contributed by atoms with Crippen molar-refractivity contribution < 1.29 is 19.4 Å². The van der Waals surface area contributed by atoms with Gasteiger partial charge in [0, 0.05) is 0 Å². The predicted molar refractivity (Wildman–Crippen MR) is 80.1 cm³/mol. The Bertz CT molecular complexity index is 549. The van der Waals surface area contributed by atoms with Crippen LogP contribution in [0.2, 0.25) is 0 Å². The van der Waals surface area contributed by atoms with E-state index in [1.54, 1.807) is 12.1 Å². The molecule has 0 bridgehead atoms. The molecule has 0 saturated heterocycles. The Morgan fingerprint density at radius 2 is 1.33 bits per heavy atom. The molecule has 0 atom stereocenters. The lowest BCUT2D eigenvalue weighted by molar-refractivity contribution is 0.0697. The first kappa shape index (κ1) is 14.9. The van der Waals surface area contributed by atoms with Gasteiger partial charge in [0.15, 0.2) is 0 Å². The summed E-state index contributed by atoms with van der Waals surface area (Å²) in [5.74, 6) is 0.631. The topological polar surface area (TPSA) is 55.8 Å². The van der Waals surface area contributed by atoms with Crippen molar-refractivity contribution in [2.24, 2.45) is 0 Å². The van der Waals surface area contributed by atoms with Crippen LogP contribution in [0.1, 0.15) is 23.2 Å². The number of carbonyl (C=O) groups is 1. The fourth-order valence-corrected chi connectivity index (χ4v) is 1.79. The van der Waals surface area contributed by atoms with Crippen molar-refractivity contribution in [2.75, 3.05) is 13.2 Å². The first-order valence-electron chi connectivity index (χ1n) is 6.90. The van der Waals surface area contributed by atoms with Gasteiger partial charge in [-0.05, 0) is 49.2 Å². The summed E-state index contributed by atoms with van der Waals surface area (Å²) in [5, 5.41) is 8.79. The number of hydrogen-bond donors (Lipinski definition) is 1. The van der Waals surface area contributed by atoms with Gasteiger partial charge >= 0.3 is 5.97 Å². The van der Waals surface area contributed by atoms with Gasteiger partial charge in [-0.2, -0.15) is 0 Å². The maximum absolute atomic E-state index is 10.7. The number of unbranched alkanes of at least 4 members (excludes halogenated alkanes) is 1. The molecule has 1 N–H and O–H groups in total. The van der Waals surface area contributed by atoms with Gasteiger partial charge < -0.3 is 14.6 Å². The summed E-state index contributed by atoms with van der Waals surface area (Å²) in [6, 6.07) is 16.1. The number of rotatable bonds is 8. The monoisotopic (exact) mass is 286 g/mol. The normalized spacial score (nSPS) is 10.1. The summed E-state index contributed by atoms with van der Waals surface area (Å²) in [6.07, 6.45) is 1.79. The molecule has 4 nitrogen and oxygen atoms in total. The number of aromatic carboxylic acids is 1. The van der Waals surface area contributed by atoms with E-state index in [1.807, 2.05) is 30.3 Å². The Hall–Kier alpha value is -2.49. The Morgan fingerprint density at radius 1 is 0.810 bits per heavy atom. The third-order valence-corrected chi connectivity index (χ3v) is 2.92. The van der Waals surface area contributed by atoms with E-state index in [0.29, 0.717) is 19.0 Å². The van der Waals surface area contributed by atoms with Crippen LogP contribution in [0.3, 0.4) is 0 Å². The number of carboxylic acid groups (broad SMARTS) is 1. The van der Waals surface area contributed by atoms with Gasteiger partial charge in [0.05, 0.1) is 18.8 Å². The average Bonchev–Trinajstić information content (AvgIpc) is 2.52. The van der Waals surface area contributed by atoms with Crippen LogP contribution in [0.5, 0.6) is 11.5 Å². The molecule has 0 aliphatic carbocycles. The summed E-state index contributed by atoms with van der Waals surface area (Å²) in [6.45, 7) is 1.25. The number of carboxylic acids is 1. The number of para-hydroxylation sites is 1. The zero-order valence-electron chi connectivity index (χ0n) is 11.7. The van der Waals surface area contributed by atoms with Gasteiger partial charge in [0.1, 0.15) is 11.5 Å². The first-order valence-corrected chi connectivity index (χ1v) is 6.90. The van der Waals surface area contributed by atoms with Crippen LogP contribution in [-0.2, 0) is 0 Å². The first-order chi connectivity index (χ1) is 10.3. The zero-order valence-corrected chi connectivity index (χ0v) is 11.7. The Morgan fingerprint density at radius 3 is 1.86 bits per heavy atom. The maximum atomic E-state index is 10.7. The van der Waals surface area contributed by atoms with Crippen molar-refractivity contribution >= 4 is 5.97 Å². The molecule has 0 aliphatic heterocycles. The Labute approximate surface area is 123 Å². The van der Waals surface area contributed by atoms with Crippen LogP contribution in [0, 0.1) is 0 Å². The van der Waals surface area contributed by atoms with Crippen molar-refractivity contribution in [3.8, 4) is 11.5 Å². The summed E-state index contributed by atoms with van der Waals surface area (Å²) in [5.41, 5.74) is 0.263. The minimum atomic E-state index is -0.931. The van der Waals surface area contributed by atoms with E-state index in [4.69, 9.17) is 14.6 Å². The summed E-state index contributed by atoms with van der Waals surface area (Å²) < 4.78 is 11.1. The lowest BCUT2D eigenvalue weighted by Gasteiger charge is -2.07. The minimum absolute atomic E-state index is 0.263.